The van der Waals surface area contributed by atoms with Crippen LogP contribution in [0.3, 0.4) is 0 Å². The summed E-state index contributed by atoms with van der Waals surface area (Å²) in [6.07, 6.45) is 13.0. The van der Waals surface area contributed by atoms with Crippen molar-refractivity contribution in [3.63, 3.8) is 0 Å². The van der Waals surface area contributed by atoms with Gasteiger partial charge in [-0.2, -0.15) is 0 Å². The number of rotatable bonds is 6. The van der Waals surface area contributed by atoms with E-state index in [0.717, 1.165) is 51.0 Å². The molecule has 1 saturated carbocycles. The van der Waals surface area contributed by atoms with Crippen LogP contribution < -0.4 is 4.90 Å². The number of alkyl halides is 1. The summed E-state index contributed by atoms with van der Waals surface area (Å²) >= 11 is 3.74. The van der Waals surface area contributed by atoms with Gasteiger partial charge in [0.15, 0.2) is 0 Å². The van der Waals surface area contributed by atoms with Crippen LogP contribution in [0, 0.1) is 5.92 Å². The molecular formula is C22H32BrNO. The molecule has 1 aliphatic heterocycles. The van der Waals surface area contributed by atoms with E-state index >= 15 is 0 Å². The number of benzene rings is 1. The van der Waals surface area contributed by atoms with Crippen molar-refractivity contribution in [1.82, 2.24) is 0 Å². The lowest BCUT2D eigenvalue weighted by molar-refractivity contribution is -0.119. The van der Waals surface area contributed by atoms with Gasteiger partial charge in [0, 0.05) is 23.5 Å². The normalized spacial score (nSPS) is 19.5. The van der Waals surface area contributed by atoms with Gasteiger partial charge in [0.1, 0.15) is 0 Å². The summed E-state index contributed by atoms with van der Waals surface area (Å²) in [5.74, 6) is 1.13. The fourth-order valence-corrected chi connectivity index (χ4v) is 4.75. The maximum atomic E-state index is 12.8. The first-order chi connectivity index (χ1) is 12.2. The van der Waals surface area contributed by atoms with Crippen LogP contribution in [0.25, 0.3) is 0 Å². The van der Waals surface area contributed by atoms with E-state index in [4.69, 9.17) is 0 Å². The molecule has 0 saturated heterocycles. The third-order valence-corrected chi connectivity index (χ3v) is 6.93. The average molecular weight is 406 g/mol. The van der Waals surface area contributed by atoms with Gasteiger partial charge in [0.05, 0.1) is 0 Å². The lowest BCUT2D eigenvalue weighted by atomic mass is 9.86. The van der Waals surface area contributed by atoms with Crippen LogP contribution in [0.4, 0.5) is 5.69 Å². The summed E-state index contributed by atoms with van der Waals surface area (Å²) in [5, 5.41) is 0. The number of amides is 1. The maximum absolute atomic E-state index is 12.8. The predicted molar refractivity (Wildman–Crippen MR) is 110 cm³/mol. The summed E-state index contributed by atoms with van der Waals surface area (Å²) in [4.78, 5) is 15.4. The van der Waals surface area contributed by atoms with Crippen LogP contribution >= 0.6 is 15.9 Å². The van der Waals surface area contributed by atoms with Crippen LogP contribution in [0.15, 0.2) is 18.2 Å². The Bertz CT molecular complexity index is 579. The van der Waals surface area contributed by atoms with Crippen molar-refractivity contribution >= 4 is 27.5 Å². The molecular weight excluding hydrogens is 374 g/mol. The zero-order chi connectivity index (χ0) is 17.6. The SMILES string of the molecule is CCC(Br)Cc1ccc2c(c1)CCCN2C(=O)CCC1CCCCC1. The van der Waals surface area contributed by atoms with Crippen molar-refractivity contribution in [3.8, 4) is 0 Å². The van der Waals surface area contributed by atoms with Gasteiger partial charge in [0.25, 0.3) is 0 Å². The second kappa shape index (κ2) is 9.21. The van der Waals surface area contributed by atoms with Crippen LogP contribution in [0.1, 0.15) is 75.8 Å². The molecule has 1 unspecified atom stereocenters. The van der Waals surface area contributed by atoms with Crippen molar-refractivity contribution in [2.24, 2.45) is 5.92 Å². The minimum absolute atomic E-state index is 0.339. The first-order valence-corrected chi connectivity index (χ1v) is 11.1. The fraction of sp³-hybridized carbons (Fsp3) is 0.682. The number of hydrogen-bond donors (Lipinski definition) is 0. The molecule has 2 aliphatic rings. The first-order valence-electron chi connectivity index (χ1n) is 10.2. The molecule has 1 aromatic rings. The van der Waals surface area contributed by atoms with Crippen molar-refractivity contribution in [1.29, 1.82) is 0 Å². The largest absolute Gasteiger partial charge is 0.312 e. The lowest BCUT2D eigenvalue weighted by Crippen LogP contribution is -2.35. The predicted octanol–water partition coefficient (Wildman–Crippen LogP) is 6.04. The van der Waals surface area contributed by atoms with Gasteiger partial charge in [-0.3, -0.25) is 4.79 Å². The third kappa shape index (κ3) is 5.09. The molecule has 1 amide bonds. The van der Waals surface area contributed by atoms with Crippen LogP contribution in [0.5, 0.6) is 0 Å². The van der Waals surface area contributed by atoms with E-state index in [1.807, 2.05) is 0 Å². The van der Waals surface area contributed by atoms with Crippen molar-refractivity contribution in [3.05, 3.63) is 29.3 Å². The Morgan fingerprint density at radius 1 is 1.24 bits per heavy atom. The second-order valence-electron chi connectivity index (χ2n) is 7.86. The van der Waals surface area contributed by atoms with Gasteiger partial charge in [-0.05, 0) is 55.2 Å². The number of halogens is 1. The highest BCUT2D eigenvalue weighted by Gasteiger charge is 2.24. The number of anilines is 1. The van der Waals surface area contributed by atoms with Gasteiger partial charge in [-0.25, -0.2) is 0 Å². The van der Waals surface area contributed by atoms with Gasteiger partial charge in [-0.1, -0.05) is 67.1 Å². The molecule has 0 spiro atoms. The minimum Gasteiger partial charge on any atom is -0.312 e. The Morgan fingerprint density at radius 3 is 2.80 bits per heavy atom. The fourth-order valence-electron chi connectivity index (χ4n) is 4.37. The van der Waals surface area contributed by atoms with Gasteiger partial charge in [-0.15, -0.1) is 0 Å². The van der Waals surface area contributed by atoms with Gasteiger partial charge in [0.2, 0.25) is 5.91 Å². The molecule has 2 nitrogen and oxygen atoms in total. The van der Waals surface area contributed by atoms with E-state index in [0.29, 0.717) is 10.7 Å². The molecule has 1 atom stereocenters. The Hall–Kier alpha value is -0.830. The third-order valence-electron chi connectivity index (χ3n) is 5.95. The summed E-state index contributed by atoms with van der Waals surface area (Å²) in [5.41, 5.74) is 3.93. The highest BCUT2D eigenvalue weighted by molar-refractivity contribution is 9.09. The number of carbonyl (C=O) groups is 1. The molecule has 3 rings (SSSR count). The zero-order valence-electron chi connectivity index (χ0n) is 15.6. The van der Waals surface area contributed by atoms with E-state index in [-0.39, 0.29) is 0 Å². The molecule has 25 heavy (non-hydrogen) atoms. The molecule has 1 heterocycles. The average Bonchev–Trinajstić information content (AvgIpc) is 2.66. The Morgan fingerprint density at radius 2 is 2.04 bits per heavy atom. The van der Waals surface area contributed by atoms with E-state index < -0.39 is 0 Å². The first kappa shape index (κ1) is 18.9. The molecule has 1 aromatic carbocycles. The summed E-state index contributed by atoms with van der Waals surface area (Å²) in [6, 6.07) is 6.74. The molecule has 1 fully saturated rings. The van der Waals surface area contributed by atoms with Crippen molar-refractivity contribution in [2.75, 3.05) is 11.4 Å². The molecule has 3 heteroatoms. The van der Waals surface area contributed by atoms with Crippen LogP contribution in [-0.4, -0.2) is 17.3 Å². The zero-order valence-corrected chi connectivity index (χ0v) is 17.2. The van der Waals surface area contributed by atoms with E-state index in [1.165, 1.54) is 48.9 Å². The number of nitrogens with zero attached hydrogens (tertiary/aromatic N) is 1. The number of carbonyl (C=O) groups excluding carboxylic acids is 1. The highest BCUT2D eigenvalue weighted by Crippen LogP contribution is 2.31. The monoisotopic (exact) mass is 405 g/mol. The van der Waals surface area contributed by atoms with Crippen LogP contribution in [-0.2, 0) is 17.6 Å². The second-order valence-corrected chi connectivity index (χ2v) is 9.16. The molecule has 1 aliphatic carbocycles. The highest BCUT2D eigenvalue weighted by atomic mass is 79.9. The standard InChI is InChI=1S/C22H32BrNO/c1-2-20(23)16-18-10-12-21-19(15-18)9-6-14-24(21)22(25)13-11-17-7-4-3-5-8-17/h10,12,15,17,20H,2-9,11,13-14,16H2,1H3. The molecule has 0 bridgehead atoms. The molecule has 0 N–H and O–H groups in total. The maximum Gasteiger partial charge on any atom is 0.226 e. The topological polar surface area (TPSA) is 20.3 Å². The summed E-state index contributed by atoms with van der Waals surface area (Å²) < 4.78 is 0. The molecule has 0 aromatic heterocycles. The quantitative estimate of drug-likeness (QED) is 0.527. The van der Waals surface area contributed by atoms with Crippen LogP contribution in [0.2, 0.25) is 0 Å². The van der Waals surface area contributed by atoms with Gasteiger partial charge >= 0.3 is 0 Å². The minimum atomic E-state index is 0.339. The summed E-state index contributed by atoms with van der Waals surface area (Å²) in [7, 11) is 0. The smallest absolute Gasteiger partial charge is 0.226 e. The van der Waals surface area contributed by atoms with Crippen molar-refractivity contribution in [2.45, 2.75) is 82.4 Å². The molecule has 0 radical (unpaired) electrons. The Balaban J connectivity index is 1.63. The van der Waals surface area contributed by atoms with E-state index in [1.54, 1.807) is 0 Å². The van der Waals surface area contributed by atoms with E-state index in [9.17, 15) is 4.79 Å². The number of hydrogen-bond acceptors (Lipinski definition) is 1. The number of aryl methyl sites for hydroxylation is 1. The number of fused-ring (bicyclic) bond motifs is 1. The van der Waals surface area contributed by atoms with Crippen molar-refractivity contribution < 1.29 is 4.79 Å². The van der Waals surface area contributed by atoms with E-state index in [2.05, 4.69) is 46.0 Å². The summed E-state index contributed by atoms with van der Waals surface area (Å²) in [6.45, 7) is 3.11. The Labute approximate surface area is 161 Å². The lowest BCUT2D eigenvalue weighted by Gasteiger charge is -2.31. The molecule has 138 valence electrons. The Kier molecular flexibility index (Phi) is 6.98. The van der Waals surface area contributed by atoms with Gasteiger partial charge < -0.3 is 4.90 Å².